The molecule has 2 aromatic rings. The highest BCUT2D eigenvalue weighted by atomic mass is 19.1. The van der Waals surface area contributed by atoms with Gasteiger partial charge >= 0.3 is 0 Å². The van der Waals surface area contributed by atoms with Crippen LogP contribution in [0.1, 0.15) is 5.56 Å². The molecule has 0 saturated heterocycles. The standard InChI is InChI=1S/C13H8F3O/c14-10-6-11(15)13(12(16)7-10)17-8-9-4-2-1-3-5-9/h1-2,4-7H,8H2. The maximum Gasteiger partial charge on any atom is 0.191 e. The van der Waals surface area contributed by atoms with Crippen molar-refractivity contribution in [2.75, 3.05) is 0 Å². The van der Waals surface area contributed by atoms with Gasteiger partial charge in [0, 0.05) is 12.1 Å². The van der Waals surface area contributed by atoms with Gasteiger partial charge in [0.25, 0.3) is 0 Å². The Hall–Kier alpha value is -1.97. The van der Waals surface area contributed by atoms with Crippen molar-refractivity contribution in [1.29, 1.82) is 0 Å². The minimum absolute atomic E-state index is 0.00316. The van der Waals surface area contributed by atoms with Gasteiger partial charge in [0.15, 0.2) is 17.4 Å². The summed E-state index contributed by atoms with van der Waals surface area (Å²) in [5.74, 6) is -3.65. The minimum Gasteiger partial charge on any atom is -0.483 e. The topological polar surface area (TPSA) is 9.23 Å². The maximum atomic E-state index is 13.2. The molecule has 0 aliphatic heterocycles. The molecule has 0 unspecified atom stereocenters. The van der Waals surface area contributed by atoms with Crippen LogP contribution in [0, 0.1) is 23.5 Å². The zero-order chi connectivity index (χ0) is 12.3. The number of benzene rings is 2. The summed E-state index contributed by atoms with van der Waals surface area (Å²) < 4.78 is 44.0. The third-order valence-electron chi connectivity index (χ3n) is 2.12. The van der Waals surface area contributed by atoms with Gasteiger partial charge in [-0.15, -0.1) is 0 Å². The Bertz CT molecular complexity index is 488. The second-order valence-electron chi connectivity index (χ2n) is 3.40. The molecule has 0 aliphatic rings. The van der Waals surface area contributed by atoms with Gasteiger partial charge < -0.3 is 4.74 Å². The maximum absolute atomic E-state index is 13.2. The number of hydrogen-bond donors (Lipinski definition) is 0. The summed E-state index contributed by atoms with van der Waals surface area (Å²) in [5, 5.41) is 0. The highest BCUT2D eigenvalue weighted by molar-refractivity contribution is 5.27. The average molecular weight is 237 g/mol. The minimum atomic E-state index is -1.05. The molecule has 0 aliphatic carbocycles. The van der Waals surface area contributed by atoms with E-state index in [9.17, 15) is 13.2 Å². The van der Waals surface area contributed by atoms with Crippen molar-refractivity contribution in [2.45, 2.75) is 6.61 Å². The predicted molar refractivity (Wildman–Crippen MR) is 55.9 cm³/mol. The molecule has 0 aromatic heterocycles. The zero-order valence-corrected chi connectivity index (χ0v) is 8.71. The van der Waals surface area contributed by atoms with E-state index < -0.39 is 23.2 Å². The van der Waals surface area contributed by atoms with E-state index >= 15 is 0 Å². The SMILES string of the molecule is Fc1cc(F)c(OCc2c[c]ccc2)c(F)c1. The van der Waals surface area contributed by atoms with E-state index in [1.807, 2.05) is 0 Å². The van der Waals surface area contributed by atoms with Crippen LogP contribution in [0.2, 0.25) is 0 Å². The van der Waals surface area contributed by atoms with Crippen LogP contribution in [-0.2, 0) is 6.61 Å². The molecule has 0 bridgehead atoms. The lowest BCUT2D eigenvalue weighted by atomic mass is 10.2. The van der Waals surface area contributed by atoms with Crippen LogP contribution in [-0.4, -0.2) is 0 Å². The van der Waals surface area contributed by atoms with Gasteiger partial charge in [0.1, 0.15) is 12.4 Å². The van der Waals surface area contributed by atoms with Crippen LogP contribution in [0.4, 0.5) is 13.2 Å². The van der Waals surface area contributed by atoms with Gasteiger partial charge in [-0.05, 0) is 17.7 Å². The van der Waals surface area contributed by atoms with Crippen molar-refractivity contribution in [2.24, 2.45) is 0 Å². The second kappa shape index (κ2) is 4.91. The Morgan fingerprint density at radius 3 is 2.41 bits per heavy atom. The van der Waals surface area contributed by atoms with E-state index in [1.54, 1.807) is 24.3 Å². The van der Waals surface area contributed by atoms with Gasteiger partial charge in [0.05, 0.1) is 0 Å². The van der Waals surface area contributed by atoms with Crippen molar-refractivity contribution in [3.05, 3.63) is 65.5 Å². The first-order valence-corrected chi connectivity index (χ1v) is 4.89. The molecule has 0 amide bonds. The highest BCUT2D eigenvalue weighted by Gasteiger charge is 2.12. The molecule has 0 N–H and O–H groups in total. The van der Waals surface area contributed by atoms with Gasteiger partial charge in [-0.3, -0.25) is 0 Å². The first-order chi connectivity index (χ1) is 8.16. The van der Waals surface area contributed by atoms with Crippen molar-refractivity contribution in [1.82, 2.24) is 0 Å². The molecular formula is C13H8F3O. The lowest BCUT2D eigenvalue weighted by Gasteiger charge is -2.08. The van der Waals surface area contributed by atoms with E-state index in [0.717, 1.165) is 5.56 Å². The summed E-state index contributed by atoms with van der Waals surface area (Å²) in [6.45, 7) is -0.00316. The lowest BCUT2D eigenvalue weighted by molar-refractivity contribution is 0.272. The molecule has 1 nitrogen and oxygen atoms in total. The predicted octanol–water partition coefficient (Wildman–Crippen LogP) is 3.48. The molecule has 0 spiro atoms. The van der Waals surface area contributed by atoms with Crippen molar-refractivity contribution < 1.29 is 17.9 Å². The summed E-state index contributed by atoms with van der Waals surface area (Å²) in [7, 11) is 0. The van der Waals surface area contributed by atoms with Crippen LogP contribution in [0.15, 0.2) is 36.4 Å². The van der Waals surface area contributed by atoms with Gasteiger partial charge in [-0.2, -0.15) is 0 Å². The molecule has 4 heteroatoms. The molecule has 0 fully saturated rings. The third-order valence-corrected chi connectivity index (χ3v) is 2.12. The van der Waals surface area contributed by atoms with E-state index in [4.69, 9.17) is 4.74 Å². The number of halogens is 3. The highest BCUT2D eigenvalue weighted by Crippen LogP contribution is 2.23. The van der Waals surface area contributed by atoms with Crippen molar-refractivity contribution >= 4 is 0 Å². The number of hydrogen-bond acceptors (Lipinski definition) is 1. The van der Waals surface area contributed by atoms with E-state index in [-0.39, 0.29) is 6.61 Å². The molecule has 2 aromatic carbocycles. The zero-order valence-electron chi connectivity index (χ0n) is 8.71. The summed E-state index contributed by atoms with van der Waals surface area (Å²) in [6.07, 6.45) is 0. The fourth-order valence-electron chi connectivity index (χ4n) is 1.34. The Kier molecular flexibility index (Phi) is 3.32. The van der Waals surface area contributed by atoms with Crippen LogP contribution < -0.4 is 4.74 Å². The first kappa shape index (κ1) is 11.5. The van der Waals surface area contributed by atoms with Gasteiger partial charge in [-0.1, -0.05) is 18.2 Å². The molecule has 1 radical (unpaired) electrons. The molecule has 2 rings (SSSR count). The van der Waals surface area contributed by atoms with Crippen LogP contribution in [0.5, 0.6) is 5.75 Å². The van der Waals surface area contributed by atoms with Gasteiger partial charge in [0.2, 0.25) is 0 Å². The summed E-state index contributed by atoms with van der Waals surface area (Å²) >= 11 is 0. The molecule has 0 atom stereocenters. The summed E-state index contributed by atoms with van der Waals surface area (Å²) in [4.78, 5) is 0. The number of rotatable bonds is 3. The molecule has 0 saturated carbocycles. The molecule has 87 valence electrons. The molecule has 17 heavy (non-hydrogen) atoms. The normalized spacial score (nSPS) is 10.3. The van der Waals surface area contributed by atoms with E-state index in [2.05, 4.69) is 6.07 Å². The quantitative estimate of drug-likeness (QED) is 0.794. The Balaban J connectivity index is 2.15. The monoisotopic (exact) mass is 237 g/mol. The first-order valence-electron chi connectivity index (χ1n) is 4.89. The van der Waals surface area contributed by atoms with Crippen molar-refractivity contribution in [3.63, 3.8) is 0 Å². The van der Waals surface area contributed by atoms with Crippen LogP contribution in [0.3, 0.4) is 0 Å². The lowest BCUT2D eigenvalue weighted by Crippen LogP contribution is -2.00. The Morgan fingerprint density at radius 2 is 1.82 bits per heavy atom. The summed E-state index contributed by atoms with van der Waals surface area (Å²) in [5.41, 5.74) is 0.718. The Morgan fingerprint density at radius 1 is 1.12 bits per heavy atom. The van der Waals surface area contributed by atoms with Crippen molar-refractivity contribution in [3.8, 4) is 5.75 Å². The number of ether oxygens (including phenoxy) is 1. The van der Waals surface area contributed by atoms with Crippen LogP contribution >= 0.6 is 0 Å². The van der Waals surface area contributed by atoms with E-state index in [1.165, 1.54) is 0 Å². The smallest absolute Gasteiger partial charge is 0.191 e. The van der Waals surface area contributed by atoms with E-state index in [0.29, 0.717) is 12.1 Å². The fraction of sp³-hybridized carbons (Fsp3) is 0.0769. The largest absolute Gasteiger partial charge is 0.483 e. The second-order valence-corrected chi connectivity index (χ2v) is 3.40. The summed E-state index contributed by atoms with van der Waals surface area (Å²) in [6, 6.07) is 10.8. The molecule has 0 heterocycles. The van der Waals surface area contributed by atoms with Crippen LogP contribution in [0.25, 0.3) is 0 Å². The third kappa shape index (κ3) is 2.78. The van der Waals surface area contributed by atoms with Gasteiger partial charge in [-0.25, -0.2) is 13.2 Å². The Labute approximate surface area is 96.5 Å². The average Bonchev–Trinajstić information content (AvgIpc) is 2.29. The fourth-order valence-corrected chi connectivity index (χ4v) is 1.34. The molecular weight excluding hydrogens is 229 g/mol.